The zero-order chi connectivity index (χ0) is 18.9. The van der Waals surface area contributed by atoms with Crippen LogP contribution in [0.1, 0.15) is 17.3 Å². The normalized spacial score (nSPS) is 11.3. The standard InChI is InChI=1S/C19H19NO5S/c1-13(26-14-8-4-3-5-9-14)19(23)25-12-17(21)20-18(22)15-10-6-7-11-16(15)24-2/h3-11,13H,12H2,1-2H3,(H,20,21,22)/t13-/m0/s1. The van der Waals surface area contributed by atoms with Crippen LogP contribution in [0.3, 0.4) is 0 Å². The number of benzene rings is 2. The lowest BCUT2D eigenvalue weighted by atomic mass is 10.2. The van der Waals surface area contributed by atoms with Gasteiger partial charge in [-0.05, 0) is 31.2 Å². The maximum Gasteiger partial charge on any atom is 0.319 e. The third kappa shape index (κ3) is 5.63. The van der Waals surface area contributed by atoms with Crippen LogP contribution in [0.2, 0.25) is 0 Å². The molecule has 0 bridgehead atoms. The van der Waals surface area contributed by atoms with Gasteiger partial charge in [-0.15, -0.1) is 11.8 Å². The summed E-state index contributed by atoms with van der Waals surface area (Å²) in [7, 11) is 1.43. The fourth-order valence-electron chi connectivity index (χ4n) is 2.07. The first-order valence-electron chi connectivity index (χ1n) is 7.86. The molecular weight excluding hydrogens is 354 g/mol. The van der Waals surface area contributed by atoms with Crippen molar-refractivity contribution in [1.29, 1.82) is 0 Å². The van der Waals surface area contributed by atoms with Gasteiger partial charge in [0.1, 0.15) is 11.0 Å². The minimum absolute atomic E-state index is 0.225. The minimum Gasteiger partial charge on any atom is -0.496 e. The number of imide groups is 1. The molecule has 0 spiro atoms. The molecule has 2 aromatic carbocycles. The number of hydrogen-bond donors (Lipinski definition) is 1. The molecule has 0 aliphatic rings. The Bertz CT molecular complexity index is 779. The van der Waals surface area contributed by atoms with Crippen LogP contribution in [0.15, 0.2) is 59.5 Å². The predicted octanol–water partition coefficient (Wildman–Crippen LogP) is 2.68. The molecule has 0 unspecified atom stereocenters. The summed E-state index contributed by atoms with van der Waals surface area (Å²) in [5, 5.41) is 1.70. The summed E-state index contributed by atoms with van der Waals surface area (Å²) in [6.07, 6.45) is 0. The minimum atomic E-state index is -0.703. The Morgan fingerprint density at radius 2 is 1.69 bits per heavy atom. The fraction of sp³-hybridized carbons (Fsp3) is 0.211. The number of carbonyl (C=O) groups excluding carboxylic acids is 3. The van der Waals surface area contributed by atoms with E-state index in [4.69, 9.17) is 9.47 Å². The molecule has 0 heterocycles. The number of amides is 2. The predicted molar refractivity (Wildman–Crippen MR) is 98.2 cm³/mol. The molecule has 0 fully saturated rings. The number of rotatable bonds is 7. The van der Waals surface area contributed by atoms with Crippen LogP contribution >= 0.6 is 11.8 Å². The van der Waals surface area contributed by atoms with Crippen LogP contribution in [0, 0.1) is 0 Å². The van der Waals surface area contributed by atoms with Crippen LogP contribution in [0.25, 0.3) is 0 Å². The lowest BCUT2D eigenvalue weighted by Gasteiger charge is -2.11. The van der Waals surface area contributed by atoms with Crippen molar-refractivity contribution < 1.29 is 23.9 Å². The van der Waals surface area contributed by atoms with Gasteiger partial charge in [0, 0.05) is 4.90 Å². The molecular formula is C19H19NO5S. The molecule has 1 N–H and O–H groups in total. The Morgan fingerprint density at radius 3 is 2.38 bits per heavy atom. The highest BCUT2D eigenvalue weighted by Gasteiger charge is 2.19. The first kappa shape index (κ1) is 19.5. The average Bonchev–Trinajstić information content (AvgIpc) is 2.66. The topological polar surface area (TPSA) is 81.7 Å². The number of ether oxygens (including phenoxy) is 2. The van der Waals surface area contributed by atoms with E-state index in [-0.39, 0.29) is 5.56 Å². The number of nitrogens with one attached hydrogen (secondary N) is 1. The van der Waals surface area contributed by atoms with Crippen LogP contribution in [0.4, 0.5) is 0 Å². The van der Waals surface area contributed by atoms with Crippen molar-refractivity contribution in [1.82, 2.24) is 5.32 Å². The first-order chi connectivity index (χ1) is 12.5. The van der Waals surface area contributed by atoms with Gasteiger partial charge in [0.15, 0.2) is 6.61 Å². The number of thioether (sulfide) groups is 1. The van der Waals surface area contributed by atoms with Crippen molar-refractivity contribution in [3.05, 3.63) is 60.2 Å². The van der Waals surface area contributed by atoms with E-state index in [1.165, 1.54) is 24.9 Å². The molecule has 26 heavy (non-hydrogen) atoms. The van der Waals surface area contributed by atoms with Gasteiger partial charge in [-0.2, -0.15) is 0 Å². The SMILES string of the molecule is COc1ccccc1C(=O)NC(=O)COC(=O)[C@H](C)Sc1ccccc1. The molecule has 2 rings (SSSR count). The van der Waals surface area contributed by atoms with E-state index in [0.717, 1.165) is 4.90 Å². The fourth-order valence-corrected chi connectivity index (χ4v) is 2.95. The highest BCUT2D eigenvalue weighted by atomic mass is 32.2. The molecule has 6 nitrogen and oxygen atoms in total. The molecule has 0 saturated heterocycles. The lowest BCUT2D eigenvalue weighted by Crippen LogP contribution is -2.35. The third-order valence-corrected chi connectivity index (χ3v) is 4.43. The average molecular weight is 373 g/mol. The summed E-state index contributed by atoms with van der Waals surface area (Å²) in [6, 6.07) is 15.9. The van der Waals surface area contributed by atoms with Crippen molar-refractivity contribution in [3.63, 3.8) is 0 Å². The van der Waals surface area contributed by atoms with E-state index < -0.39 is 29.6 Å². The van der Waals surface area contributed by atoms with Gasteiger partial charge in [0.2, 0.25) is 0 Å². The van der Waals surface area contributed by atoms with Gasteiger partial charge in [0.25, 0.3) is 11.8 Å². The van der Waals surface area contributed by atoms with Gasteiger partial charge in [0.05, 0.1) is 12.7 Å². The molecule has 0 aromatic heterocycles. The smallest absolute Gasteiger partial charge is 0.319 e. The van der Waals surface area contributed by atoms with E-state index in [2.05, 4.69) is 5.32 Å². The highest BCUT2D eigenvalue weighted by molar-refractivity contribution is 8.00. The van der Waals surface area contributed by atoms with Gasteiger partial charge >= 0.3 is 5.97 Å². The second-order valence-electron chi connectivity index (χ2n) is 5.26. The van der Waals surface area contributed by atoms with Crippen molar-refractivity contribution in [3.8, 4) is 5.75 Å². The molecule has 0 aliphatic carbocycles. The summed E-state index contributed by atoms with van der Waals surface area (Å²) in [5.74, 6) is -1.50. The van der Waals surface area contributed by atoms with Crippen molar-refractivity contribution in [2.24, 2.45) is 0 Å². The van der Waals surface area contributed by atoms with Crippen LogP contribution in [0.5, 0.6) is 5.75 Å². The van der Waals surface area contributed by atoms with Gasteiger partial charge in [-0.1, -0.05) is 30.3 Å². The van der Waals surface area contributed by atoms with Gasteiger partial charge < -0.3 is 9.47 Å². The maximum atomic E-state index is 12.1. The maximum absolute atomic E-state index is 12.1. The number of para-hydroxylation sites is 1. The number of methoxy groups -OCH3 is 1. The number of carbonyl (C=O) groups is 3. The summed E-state index contributed by atoms with van der Waals surface area (Å²) in [6.45, 7) is 1.16. The Morgan fingerprint density at radius 1 is 1.04 bits per heavy atom. The Kier molecular flexibility index (Phi) is 7.23. The summed E-state index contributed by atoms with van der Waals surface area (Å²) in [4.78, 5) is 36.9. The molecule has 2 amide bonds. The molecule has 0 saturated carbocycles. The molecule has 7 heteroatoms. The van der Waals surface area contributed by atoms with Crippen LogP contribution in [-0.2, 0) is 14.3 Å². The van der Waals surface area contributed by atoms with Crippen molar-refractivity contribution in [2.75, 3.05) is 13.7 Å². The molecule has 0 radical (unpaired) electrons. The molecule has 2 aromatic rings. The molecule has 136 valence electrons. The summed E-state index contributed by atoms with van der Waals surface area (Å²) in [5.41, 5.74) is 0.225. The second kappa shape index (κ2) is 9.62. The number of hydrogen-bond acceptors (Lipinski definition) is 6. The Balaban J connectivity index is 1.82. The van der Waals surface area contributed by atoms with Crippen LogP contribution in [-0.4, -0.2) is 36.8 Å². The van der Waals surface area contributed by atoms with Crippen LogP contribution < -0.4 is 10.1 Å². The second-order valence-corrected chi connectivity index (χ2v) is 6.67. The zero-order valence-electron chi connectivity index (χ0n) is 14.4. The first-order valence-corrected chi connectivity index (χ1v) is 8.74. The van der Waals surface area contributed by atoms with Gasteiger partial charge in [-0.25, -0.2) is 0 Å². The van der Waals surface area contributed by atoms with E-state index in [1.54, 1.807) is 25.1 Å². The van der Waals surface area contributed by atoms with Crippen molar-refractivity contribution >= 4 is 29.5 Å². The summed E-state index contributed by atoms with van der Waals surface area (Å²) < 4.78 is 10.0. The quantitative estimate of drug-likeness (QED) is 0.594. The van der Waals surface area contributed by atoms with E-state index in [1.807, 2.05) is 30.3 Å². The largest absolute Gasteiger partial charge is 0.496 e. The van der Waals surface area contributed by atoms with Gasteiger partial charge in [-0.3, -0.25) is 19.7 Å². The van der Waals surface area contributed by atoms with Crippen molar-refractivity contribution in [2.45, 2.75) is 17.1 Å². The number of esters is 1. The lowest BCUT2D eigenvalue weighted by molar-refractivity contribution is -0.147. The molecule has 1 atom stereocenters. The monoisotopic (exact) mass is 373 g/mol. The van der Waals surface area contributed by atoms with E-state index in [9.17, 15) is 14.4 Å². The van der Waals surface area contributed by atoms with E-state index >= 15 is 0 Å². The Labute approximate surface area is 155 Å². The van der Waals surface area contributed by atoms with E-state index in [0.29, 0.717) is 5.75 Å². The summed E-state index contributed by atoms with van der Waals surface area (Å²) >= 11 is 1.33. The molecule has 0 aliphatic heterocycles. The third-order valence-electron chi connectivity index (χ3n) is 3.34. The Hall–Kier alpha value is -2.80. The highest BCUT2D eigenvalue weighted by Crippen LogP contribution is 2.23. The zero-order valence-corrected chi connectivity index (χ0v) is 15.2.